The number of rotatable bonds is 10. The van der Waals surface area contributed by atoms with E-state index >= 15 is 0 Å². The predicted molar refractivity (Wildman–Crippen MR) is 77.9 cm³/mol. The Hall–Kier alpha value is -0.120. The molecule has 0 aromatic heterocycles. The van der Waals surface area contributed by atoms with Gasteiger partial charge >= 0.3 is 0 Å². The van der Waals surface area contributed by atoms with Crippen molar-refractivity contribution in [2.45, 2.75) is 58.9 Å². The third-order valence-corrected chi connectivity index (χ3v) is 4.43. The van der Waals surface area contributed by atoms with E-state index in [1.165, 1.54) is 32.2 Å². The molecule has 2 N–H and O–H groups in total. The molecule has 1 aliphatic carbocycles. The zero-order valence-corrected chi connectivity index (χ0v) is 12.5. The fourth-order valence-corrected chi connectivity index (χ4v) is 2.63. The second kappa shape index (κ2) is 8.13. The molecule has 0 aromatic rings. The zero-order chi connectivity index (χ0) is 13.4. The summed E-state index contributed by atoms with van der Waals surface area (Å²) < 4.78 is 0. The molecule has 0 spiro atoms. The van der Waals surface area contributed by atoms with Crippen LogP contribution in [0, 0.1) is 5.41 Å². The Morgan fingerprint density at radius 1 is 1.33 bits per heavy atom. The third kappa shape index (κ3) is 4.87. The molecule has 3 nitrogen and oxygen atoms in total. The maximum atomic E-state index is 9.05. The largest absolute Gasteiger partial charge is 0.396 e. The van der Waals surface area contributed by atoms with Gasteiger partial charge < -0.3 is 10.4 Å². The van der Waals surface area contributed by atoms with E-state index in [1.54, 1.807) is 0 Å². The van der Waals surface area contributed by atoms with Crippen LogP contribution in [0.1, 0.15) is 52.9 Å². The molecule has 108 valence electrons. The van der Waals surface area contributed by atoms with E-state index in [-0.39, 0.29) is 0 Å². The van der Waals surface area contributed by atoms with Crippen LogP contribution in [0.4, 0.5) is 0 Å². The Balaban J connectivity index is 2.49. The fraction of sp³-hybridized carbons (Fsp3) is 1.00. The van der Waals surface area contributed by atoms with Crippen LogP contribution in [0.5, 0.6) is 0 Å². The predicted octanol–water partition coefficient (Wildman–Crippen LogP) is 2.25. The van der Waals surface area contributed by atoms with Gasteiger partial charge in [-0.05, 0) is 37.6 Å². The van der Waals surface area contributed by atoms with Crippen LogP contribution >= 0.6 is 0 Å². The van der Waals surface area contributed by atoms with E-state index in [1.807, 2.05) is 0 Å². The summed E-state index contributed by atoms with van der Waals surface area (Å²) in [5.41, 5.74) is 0.362. The number of hydrogen-bond donors (Lipinski definition) is 2. The van der Waals surface area contributed by atoms with Crippen LogP contribution in [-0.4, -0.2) is 48.8 Å². The van der Waals surface area contributed by atoms with Gasteiger partial charge in [0.2, 0.25) is 0 Å². The molecule has 1 fully saturated rings. The van der Waals surface area contributed by atoms with Gasteiger partial charge in [0.15, 0.2) is 0 Å². The van der Waals surface area contributed by atoms with E-state index in [0.717, 1.165) is 32.1 Å². The summed E-state index contributed by atoms with van der Waals surface area (Å²) >= 11 is 0. The summed E-state index contributed by atoms with van der Waals surface area (Å²) in [5, 5.41) is 12.5. The van der Waals surface area contributed by atoms with Crippen LogP contribution in [-0.2, 0) is 0 Å². The number of aliphatic hydroxyl groups is 1. The van der Waals surface area contributed by atoms with Crippen molar-refractivity contribution >= 4 is 0 Å². The van der Waals surface area contributed by atoms with E-state index in [0.29, 0.717) is 12.0 Å². The van der Waals surface area contributed by atoms with Crippen molar-refractivity contribution in [3.8, 4) is 0 Å². The molecule has 1 saturated carbocycles. The minimum Gasteiger partial charge on any atom is -0.396 e. The highest BCUT2D eigenvalue weighted by atomic mass is 16.3. The molecular weight excluding hydrogens is 224 g/mol. The third-order valence-electron chi connectivity index (χ3n) is 4.43. The number of hydrogen-bond acceptors (Lipinski definition) is 3. The highest BCUT2D eigenvalue weighted by Crippen LogP contribution is 2.29. The average Bonchev–Trinajstić information content (AvgIpc) is 2.31. The van der Waals surface area contributed by atoms with Gasteiger partial charge in [0.25, 0.3) is 0 Å². The smallest absolute Gasteiger partial charge is 0.0443 e. The molecule has 1 unspecified atom stereocenters. The van der Waals surface area contributed by atoms with E-state index in [2.05, 4.69) is 31.0 Å². The molecule has 3 heteroatoms. The lowest BCUT2D eigenvalue weighted by atomic mass is 9.83. The van der Waals surface area contributed by atoms with Gasteiger partial charge in [-0.2, -0.15) is 0 Å². The van der Waals surface area contributed by atoms with Gasteiger partial charge in [0.05, 0.1) is 0 Å². The maximum Gasteiger partial charge on any atom is 0.0443 e. The molecule has 0 aromatic carbocycles. The number of aliphatic hydroxyl groups excluding tert-OH is 1. The molecule has 18 heavy (non-hydrogen) atoms. The van der Waals surface area contributed by atoms with Crippen molar-refractivity contribution in [2.75, 3.05) is 32.8 Å². The molecular formula is C15H32N2O. The summed E-state index contributed by atoms with van der Waals surface area (Å²) in [6.07, 6.45) is 6.22. The topological polar surface area (TPSA) is 35.5 Å². The van der Waals surface area contributed by atoms with Crippen LogP contribution in [0.25, 0.3) is 0 Å². The lowest BCUT2D eigenvalue weighted by Gasteiger charge is -2.43. The molecule has 1 aliphatic rings. The normalized spacial score (nSPS) is 19.8. The zero-order valence-electron chi connectivity index (χ0n) is 12.5. The van der Waals surface area contributed by atoms with E-state index in [4.69, 9.17) is 5.11 Å². The van der Waals surface area contributed by atoms with Gasteiger partial charge in [-0.3, -0.25) is 4.90 Å². The Labute approximate surface area is 113 Å². The Kier molecular flexibility index (Phi) is 7.20. The van der Waals surface area contributed by atoms with Crippen molar-refractivity contribution in [3.05, 3.63) is 0 Å². The molecule has 1 atom stereocenters. The highest BCUT2D eigenvalue weighted by Gasteiger charge is 2.31. The summed E-state index contributed by atoms with van der Waals surface area (Å²) in [7, 11) is 0. The molecule has 0 heterocycles. The van der Waals surface area contributed by atoms with Gasteiger partial charge in [0.1, 0.15) is 0 Å². The van der Waals surface area contributed by atoms with Crippen LogP contribution < -0.4 is 5.32 Å². The highest BCUT2D eigenvalue weighted by molar-refractivity contribution is 4.86. The van der Waals surface area contributed by atoms with Crippen molar-refractivity contribution in [1.82, 2.24) is 10.2 Å². The average molecular weight is 256 g/mol. The van der Waals surface area contributed by atoms with Crippen molar-refractivity contribution < 1.29 is 5.11 Å². The van der Waals surface area contributed by atoms with Crippen LogP contribution in [0.3, 0.4) is 0 Å². The van der Waals surface area contributed by atoms with Gasteiger partial charge in [0, 0.05) is 32.3 Å². The van der Waals surface area contributed by atoms with Gasteiger partial charge in [-0.15, -0.1) is 0 Å². The number of nitrogens with one attached hydrogen (secondary N) is 1. The molecule has 0 bridgehead atoms. The first-order valence-corrected chi connectivity index (χ1v) is 7.71. The standard InChI is InChI=1S/C15H32N2O/c1-4-15(3,12-16-5-2)13-17(10-7-11-18)14-8-6-9-14/h14,16,18H,4-13H2,1-3H3. The second-order valence-electron chi connectivity index (χ2n) is 6.08. The van der Waals surface area contributed by atoms with Crippen LogP contribution in [0.15, 0.2) is 0 Å². The molecule has 0 radical (unpaired) electrons. The monoisotopic (exact) mass is 256 g/mol. The molecule has 1 rings (SSSR count). The summed E-state index contributed by atoms with van der Waals surface area (Å²) in [6.45, 7) is 11.6. The quantitative estimate of drug-likeness (QED) is 0.629. The first-order chi connectivity index (χ1) is 8.65. The van der Waals surface area contributed by atoms with Crippen molar-refractivity contribution in [1.29, 1.82) is 0 Å². The SMILES string of the molecule is CCNCC(C)(CC)CN(CCCO)C1CCC1. The molecule has 0 aliphatic heterocycles. The van der Waals surface area contributed by atoms with Gasteiger partial charge in [-0.1, -0.05) is 27.2 Å². The second-order valence-corrected chi connectivity index (χ2v) is 6.08. The number of nitrogens with zero attached hydrogens (tertiary/aromatic N) is 1. The summed E-state index contributed by atoms with van der Waals surface area (Å²) in [4.78, 5) is 2.63. The Morgan fingerprint density at radius 3 is 2.50 bits per heavy atom. The summed E-state index contributed by atoms with van der Waals surface area (Å²) in [6, 6.07) is 0.782. The minimum atomic E-state index is 0.319. The molecule has 0 amide bonds. The minimum absolute atomic E-state index is 0.319. The van der Waals surface area contributed by atoms with Crippen molar-refractivity contribution in [2.24, 2.45) is 5.41 Å². The first kappa shape index (κ1) is 15.9. The first-order valence-electron chi connectivity index (χ1n) is 7.71. The van der Waals surface area contributed by atoms with Gasteiger partial charge in [-0.25, -0.2) is 0 Å². The fourth-order valence-electron chi connectivity index (χ4n) is 2.63. The van der Waals surface area contributed by atoms with Crippen molar-refractivity contribution in [3.63, 3.8) is 0 Å². The van der Waals surface area contributed by atoms with Crippen LogP contribution in [0.2, 0.25) is 0 Å². The maximum absolute atomic E-state index is 9.05. The van der Waals surface area contributed by atoms with E-state index in [9.17, 15) is 0 Å². The van der Waals surface area contributed by atoms with E-state index < -0.39 is 0 Å². The Bertz CT molecular complexity index is 219. The lowest BCUT2D eigenvalue weighted by molar-refractivity contribution is 0.0667. The Morgan fingerprint density at radius 2 is 2.06 bits per heavy atom. The molecule has 0 saturated heterocycles. The lowest BCUT2D eigenvalue weighted by Crippen LogP contribution is -2.48. The summed E-state index contributed by atoms with van der Waals surface area (Å²) in [5.74, 6) is 0.